The summed E-state index contributed by atoms with van der Waals surface area (Å²) in [6.07, 6.45) is -0.364. The van der Waals surface area contributed by atoms with Crippen molar-refractivity contribution in [3.05, 3.63) is 21.9 Å². The van der Waals surface area contributed by atoms with E-state index < -0.39 is 17.9 Å². The molecule has 0 spiro atoms. The maximum Gasteiger partial charge on any atom is 0.312 e. The van der Waals surface area contributed by atoms with E-state index in [1.807, 2.05) is 0 Å². The lowest BCUT2D eigenvalue weighted by molar-refractivity contribution is -0.145. The van der Waals surface area contributed by atoms with Gasteiger partial charge in [0.05, 0.1) is 6.42 Å². The third kappa shape index (κ3) is 2.32. The highest BCUT2D eigenvalue weighted by Crippen LogP contribution is 2.28. The Balaban J connectivity index is 2.94. The number of aryl methyl sites for hydroxylation is 1. The second-order valence-corrected chi connectivity index (χ2v) is 3.90. The zero-order valence-corrected chi connectivity index (χ0v) is 8.37. The van der Waals surface area contributed by atoms with Gasteiger partial charge in [-0.3, -0.25) is 9.59 Å². The Morgan fingerprint density at radius 1 is 1.50 bits per heavy atom. The molecule has 1 atom stereocenters. The molecular weight excluding hydrogens is 204 g/mol. The summed E-state index contributed by atoms with van der Waals surface area (Å²) in [5, 5.41) is 19.2. The molecule has 1 unspecified atom stereocenters. The lowest BCUT2D eigenvalue weighted by Crippen LogP contribution is -2.15. The number of rotatable bonds is 4. The van der Waals surface area contributed by atoms with Gasteiger partial charge in [-0.2, -0.15) is 0 Å². The molecule has 76 valence electrons. The van der Waals surface area contributed by atoms with Crippen LogP contribution in [0.4, 0.5) is 0 Å². The molecule has 0 saturated carbocycles. The summed E-state index contributed by atoms with van der Waals surface area (Å²) in [5.41, 5.74) is 0.837. The predicted octanol–water partition coefficient (Wildman–Crippen LogP) is 1.70. The summed E-state index contributed by atoms with van der Waals surface area (Å²) in [6.45, 7) is 1.78. The standard InChI is InChI=1S/C9H10O4S/c1-5-2-3-14-8(5)6(9(12)13)4-7(10)11/h2-3,6H,4H2,1H3,(H,10,11)(H,12,13). The smallest absolute Gasteiger partial charge is 0.312 e. The summed E-state index contributed by atoms with van der Waals surface area (Å²) in [6, 6.07) is 1.79. The SMILES string of the molecule is Cc1ccsc1C(CC(=O)O)C(=O)O. The summed E-state index contributed by atoms with van der Waals surface area (Å²) < 4.78 is 0. The molecule has 0 aliphatic rings. The second-order valence-electron chi connectivity index (χ2n) is 2.96. The van der Waals surface area contributed by atoms with E-state index in [1.165, 1.54) is 11.3 Å². The zero-order chi connectivity index (χ0) is 10.7. The molecule has 2 N–H and O–H groups in total. The van der Waals surface area contributed by atoms with Gasteiger partial charge in [0.15, 0.2) is 0 Å². The van der Waals surface area contributed by atoms with Crippen LogP contribution in [-0.2, 0) is 9.59 Å². The summed E-state index contributed by atoms with van der Waals surface area (Å²) in [7, 11) is 0. The number of thiophene rings is 1. The second kappa shape index (κ2) is 4.23. The van der Waals surface area contributed by atoms with Gasteiger partial charge in [-0.1, -0.05) is 0 Å². The van der Waals surface area contributed by atoms with Crippen LogP contribution in [0, 0.1) is 6.92 Å². The van der Waals surface area contributed by atoms with Crippen molar-refractivity contribution >= 4 is 23.3 Å². The van der Waals surface area contributed by atoms with Gasteiger partial charge in [-0.25, -0.2) is 0 Å². The average molecular weight is 214 g/mol. The van der Waals surface area contributed by atoms with Crippen molar-refractivity contribution in [3.8, 4) is 0 Å². The van der Waals surface area contributed by atoms with Gasteiger partial charge in [-0.05, 0) is 23.9 Å². The molecule has 5 heteroatoms. The van der Waals surface area contributed by atoms with Crippen molar-refractivity contribution in [2.45, 2.75) is 19.3 Å². The van der Waals surface area contributed by atoms with Crippen LogP contribution < -0.4 is 0 Å². The largest absolute Gasteiger partial charge is 0.481 e. The lowest BCUT2D eigenvalue weighted by atomic mass is 10.0. The van der Waals surface area contributed by atoms with Gasteiger partial charge in [-0.15, -0.1) is 11.3 Å². The number of hydrogen-bond acceptors (Lipinski definition) is 3. The third-order valence-corrected chi connectivity index (χ3v) is 3.03. The topological polar surface area (TPSA) is 74.6 Å². The summed E-state index contributed by atoms with van der Waals surface area (Å²) >= 11 is 1.28. The third-order valence-electron chi connectivity index (χ3n) is 1.90. The van der Waals surface area contributed by atoms with E-state index in [1.54, 1.807) is 18.4 Å². The van der Waals surface area contributed by atoms with Crippen molar-refractivity contribution in [3.63, 3.8) is 0 Å². The minimum Gasteiger partial charge on any atom is -0.481 e. The van der Waals surface area contributed by atoms with Crippen LogP contribution in [0.1, 0.15) is 22.8 Å². The molecule has 0 aromatic carbocycles. The Labute approximate surface area is 84.8 Å². The lowest BCUT2D eigenvalue weighted by Gasteiger charge is -2.08. The quantitative estimate of drug-likeness (QED) is 0.799. The van der Waals surface area contributed by atoms with Crippen molar-refractivity contribution in [1.29, 1.82) is 0 Å². The van der Waals surface area contributed by atoms with Gasteiger partial charge in [0.25, 0.3) is 0 Å². The molecule has 0 saturated heterocycles. The van der Waals surface area contributed by atoms with E-state index >= 15 is 0 Å². The maximum atomic E-state index is 10.8. The monoisotopic (exact) mass is 214 g/mol. The van der Waals surface area contributed by atoms with Gasteiger partial charge in [0, 0.05) is 4.88 Å². The fraction of sp³-hybridized carbons (Fsp3) is 0.333. The van der Waals surface area contributed by atoms with Crippen molar-refractivity contribution < 1.29 is 19.8 Å². The van der Waals surface area contributed by atoms with Gasteiger partial charge in [0.1, 0.15) is 5.92 Å². The molecule has 4 nitrogen and oxygen atoms in total. The maximum absolute atomic E-state index is 10.8. The minimum absolute atomic E-state index is 0.364. The minimum atomic E-state index is -1.09. The van der Waals surface area contributed by atoms with Crippen LogP contribution in [0.15, 0.2) is 11.4 Å². The Kier molecular flexibility index (Phi) is 3.24. The molecule has 1 aromatic heterocycles. The van der Waals surface area contributed by atoms with Crippen molar-refractivity contribution in [2.75, 3.05) is 0 Å². The summed E-state index contributed by atoms with van der Waals surface area (Å²) in [4.78, 5) is 21.9. The van der Waals surface area contributed by atoms with Gasteiger partial charge in [0.2, 0.25) is 0 Å². The molecule has 0 aliphatic carbocycles. The normalized spacial score (nSPS) is 12.4. The molecule has 0 radical (unpaired) electrons. The predicted molar refractivity (Wildman–Crippen MR) is 51.7 cm³/mol. The first kappa shape index (κ1) is 10.7. The molecule has 1 aromatic rings. The Hall–Kier alpha value is -1.36. The Morgan fingerprint density at radius 3 is 2.50 bits per heavy atom. The zero-order valence-electron chi connectivity index (χ0n) is 7.56. The van der Waals surface area contributed by atoms with Crippen molar-refractivity contribution in [1.82, 2.24) is 0 Å². The van der Waals surface area contributed by atoms with Crippen LogP contribution in [0.3, 0.4) is 0 Å². The number of hydrogen-bond donors (Lipinski definition) is 2. The van der Waals surface area contributed by atoms with E-state index in [0.29, 0.717) is 4.88 Å². The number of aliphatic carboxylic acids is 2. The Bertz CT molecular complexity index is 355. The number of carbonyl (C=O) groups is 2. The molecule has 1 heterocycles. The molecule has 14 heavy (non-hydrogen) atoms. The van der Waals surface area contributed by atoms with E-state index in [9.17, 15) is 9.59 Å². The first-order valence-corrected chi connectivity index (χ1v) is 4.89. The fourth-order valence-corrected chi connectivity index (χ4v) is 2.23. The van der Waals surface area contributed by atoms with Gasteiger partial charge >= 0.3 is 11.9 Å². The molecular formula is C9H10O4S. The van der Waals surface area contributed by atoms with Crippen molar-refractivity contribution in [2.24, 2.45) is 0 Å². The average Bonchev–Trinajstić information content (AvgIpc) is 2.46. The van der Waals surface area contributed by atoms with Crippen LogP contribution in [0.2, 0.25) is 0 Å². The molecule has 0 amide bonds. The highest BCUT2D eigenvalue weighted by atomic mass is 32.1. The first-order chi connectivity index (χ1) is 6.52. The Morgan fingerprint density at radius 2 is 2.14 bits per heavy atom. The molecule has 0 fully saturated rings. The first-order valence-electron chi connectivity index (χ1n) is 4.01. The molecule has 1 rings (SSSR count). The van der Waals surface area contributed by atoms with E-state index in [0.717, 1.165) is 5.56 Å². The number of carboxylic acids is 2. The van der Waals surface area contributed by atoms with Gasteiger partial charge < -0.3 is 10.2 Å². The fourth-order valence-electron chi connectivity index (χ4n) is 1.21. The molecule has 0 aliphatic heterocycles. The highest BCUT2D eigenvalue weighted by Gasteiger charge is 2.25. The van der Waals surface area contributed by atoms with E-state index in [-0.39, 0.29) is 6.42 Å². The number of carboxylic acid groups (broad SMARTS) is 2. The van der Waals surface area contributed by atoms with E-state index in [4.69, 9.17) is 10.2 Å². The van der Waals surface area contributed by atoms with Crippen LogP contribution in [0.25, 0.3) is 0 Å². The van der Waals surface area contributed by atoms with E-state index in [2.05, 4.69) is 0 Å². The van der Waals surface area contributed by atoms with Crippen LogP contribution >= 0.6 is 11.3 Å². The van der Waals surface area contributed by atoms with Crippen LogP contribution in [0.5, 0.6) is 0 Å². The summed E-state index contributed by atoms with van der Waals surface area (Å²) in [5.74, 6) is -3.10. The molecule has 0 bridgehead atoms. The highest BCUT2D eigenvalue weighted by molar-refractivity contribution is 7.10. The van der Waals surface area contributed by atoms with Crippen LogP contribution in [-0.4, -0.2) is 22.2 Å².